The van der Waals surface area contributed by atoms with E-state index in [1.807, 2.05) is 31.3 Å². The van der Waals surface area contributed by atoms with Crippen molar-refractivity contribution in [1.29, 1.82) is 0 Å². The van der Waals surface area contributed by atoms with Crippen LogP contribution >= 0.6 is 0 Å². The summed E-state index contributed by atoms with van der Waals surface area (Å²) >= 11 is 0. The van der Waals surface area contributed by atoms with Crippen molar-refractivity contribution in [3.63, 3.8) is 0 Å². The van der Waals surface area contributed by atoms with E-state index in [0.29, 0.717) is 0 Å². The van der Waals surface area contributed by atoms with Crippen LogP contribution in [-0.4, -0.2) is 18.6 Å². The summed E-state index contributed by atoms with van der Waals surface area (Å²) in [5, 5.41) is 4.17. The standard InChI is InChI=1S/C15H16N2O2/c1-16-8-4-7-15-17-9-14(19-15)12-10-18-13-6-3-2-5-11(12)13/h2-3,5-6,9-10,16H,4,7-8H2,1H3. The summed E-state index contributed by atoms with van der Waals surface area (Å²) in [7, 11) is 1.94. The molecule has 0 aliphatic rings. The number of aryl methyl sites for hydroxylation is 1. The van der Waals surface area contributed by atoms with Gasteiger partial charge in [-0.05, 0) is 26.1 Å². The normalized spacial score (nSPS) is 11.2. The molecule has 2 aromatic heterocycles. The molecule has 3 aromatic rings. The Kier molecular flexibility index (Phi) is 3.33. The number of benzene rings is 1. The minimum Gasteiger partial charge on any atom is -0.464 e. The Hall–Kier alpha value is -2.07. The van der Waals surface area contributed by atoms with Crippen LogP contribution in [0.3, 0.4) is 0 Å². The highest BCUT2D eigenvalue weighted by Gasteiger charge is 2.12. The van der Waals surface area contributed by atoms with Crippen LogP contribution in [0.15, 0.2) is 45.6 Å². The molecule has 3 rings (SSSR count). The van der Waals surface area contributed by atoms with Crippen LogP contribution in [0.2, 0.25) is 0 Å². The summed E-state index contributed by atoms with van der Waals surface area (Å²) in [5.41, 5.74) is 1.83. The Balaban J connectivity index is 1.86. The van der Waals surface area contributed by atoms with Crippen molar-refractivity contribution in [3.05, 3.63) is 42.6 Å². The molecule has 0 spiro atoms. The van der Waals surface area contributed by atoms with Gasteiger partial charge in [-0.1, -0.05) is 18.2 Å². The maximum Gasteiger partial charge on any atom is 0.194 e. The molecule has 0 radical (unpaired) electrons. The lowest BCUT2D eigenvalue weighted by atomic mass is 10.1. The minimum atomic E-state index is 0.768. The summed E-state index contributed by atoms with van der Waals surface area (Å²) < 4.78 is 11.3. The molecule has 19 heavy (non-hydrogen) atoms. The molecule has 0 bridgehead atoms. The summed E-state index contributed by atoms with van der Waals surface area (Å²) in [6.07, 6.45) is 5.35. The molecular formula is C15H16N2O2. The van der Waals surface area contributed by atoms with Gasteiger partial charge in [-0.25, -0.2) is 4.98 Å². The van der Waals surface area contributed by atoms with Crippen LogP contribution in [0.1, 0.15) is 12.3 Å². The molecule has 0 aliphatic heterocycles. The highest BCUT2D eigenvalue weighted by molar-refractivity contribution is 5.92. The van der Waals surface area contributed by atoms with Crippen LogP contribution in [0.25, 0.3) is 22.3 Å². The van der Waals surface area contributed by atoms with Crippen molar-refractivity contribution in [3.8, 4) is 11.3 Å². The van der Waals surface area contributed by atoms with Gasteiger partial charge in [0.2, 0.25) is 0 Å². The Labute approximate surface area is 111 Å². The van der Waals surface area contributed by atoms with E-state index < -0.39 is 0 Å². The fourth-order valence-electron chi connectivity index (χ4n) is 2.14. The predicted octanol–water partition coefficient (Wildman–Crippen LogP) is 3.24. The van der Waals surface area contributed by atoms with Gasteiger partial charge in [0.15, 0.2) is 11.7 Å². The zero-order valence-corrected chi connectivity index (χ0v) is 10.8. The van der Waals surface area contributed by atoms with Gasteiger partial charge in [0, 0.05) is 11.8 Å². The molecule has 2 heterocycles. The van der Waals surface area contributed by atoms with Gasteiger partial charge in [-0.2, -0.15) is 0 Å². The van der Waals surface area contributed by atoms with Gasteiger partial charge in [0.25, 0.3) is 0 Å². The van der Waals surface area contributed by atoms with Crippen LogP contribution < -0.4 is 5.32 Å². The Morgan fingerprint density at radius 1 is 1.26 bits per heavy atom. The van der Waals surface area contributed by atoms with Crippen molar-refractivity contribution in [1.82, 2.24) is 10.3 Å². The highest BCUT2D eigenvalue weighted by atomic mass is 16.4. The third-order valence-electron chi connectivity index (χ3n) is 3.12. The molecule has 98 valence electrons. The molecule has 0 atom stereocenters. The third kappa shape index (κ3) is 2.39. The SMILES string of the molecule is CNCCCc1ncc(-c2coc3ccccc23)o1. The van der Waals surface area contributed by atoms with Crippen molar-refractivity contribution < 1.29 is 8.83 Å². The van der Waals surface area contributed by atoms with Crippen molar-refractivity contribution >= 4 is 11.0 Å². The second-order valence-electron chi connectivity index (χ2n) is 4.47. The zero-order chi connectivity index (χ0) is 13.1. The molecule has 4 heteroatoms. The zero-order valence-electron chi connectivity index (χ0n) is 10.8. The van der Waals surface area contributed by atoms with E-state index in [4.69, 9.17) is 8.83 Å². The van der Waals surface area contributed by atoms with Crippen LogP contribution in [0, 0.1) is 0 Å². The molecule has 1 N–H and O–H groups in total. The first-order chi connectivity index (χ1) is 9.38. The first-order valence-corrected chi connectivity index (χ1v) is 6.44. The maximum absolute atomic E-state index is 5.78. The topological polar surface area (TPSA) is 51.2 Å². The Morgan fingerprint density at radius 2 is 2.16 bits per heavy atom. The molecule has 0 aliphatic carbocycles. The lowest BCUT2D eigenvalue weighted by Crippen LogP contribution is -2.08. The second-order valence-corrected chi connectivity index (χ2v) is 4.47. The number of hydrogen-bond donors (Lipinski definition) is 1. The third-order valence-corrected chi connectivity index (χ3v) is 3.12. The number of aromatic nitrogens is 1. The number of rotatable bonds is 5. The number of nitrogens with zero attached hydrogens (tertiary/aromatic N) is 1. The molecule has 0 saturated carbocycles. The molecule has 1 aromatic carbocycles. The van der Waals surface area contributed by atoms with E-state index in [2.05, 4.69) is 10.3 Å². The quantitative estimate of drug-likeness (QED) is 0.712. The van der Waals surface area contributed by atoms with Gasteiger partial charge in [0.1, 0.15) is 11.8 Å². The second kappa shape index (κ2) is 5.28. The van der Waals surface area contributed by atoms with E-state index in [0.717, 1.165) is 47.6 Å². The van der Waals surface area contributed by atoms with Crippen LogP contribution in [0.4, 0.5) is 0 Å². The smallest absolute Gasteiger partial charge is 0.194 e. The van der Waals surface area contributed by atoms with Gasteiger partial charge < -0.3 is 14.2 Å². The maximum atomic E-state index is 5.78. The molecule has 0 fully saturated rings. The molecular weight excluding hydrogens is 240 g/mol. The van der Waals surface area contributed by atoms with E-state index in [-0.39, 0.29) is 0 Å². The van der Waals surface area contributed by atoms with E-state index in [1.165, 1.54) is 0 Å². The van der Waals surface area contributed by atoms with E-state index in [9.17, 15) is 0 Å². The van der Waals surface area contributed by atoms with Crippen molar-refractivity contribution in [2.45, 2.75) is 12.8 Å². The summed E-state index contributed by atoms with van der Waals surface area (Å²) in [6.45, 7) is 0.965. The average Bonchev–Trinajstić information content (AvgIpc) is 3.05. The van der Waals surface area contributed by atoms with Gasteiger partial charge in [0.05, 0.1) is 11.8 Å². The van der Waals surface area contributed by atoms with Crippen LogP contribution in [0.5, 0.6) is 0 Å². The number of hydrogen-bond acceptors (Lipinski definition) is 4. The van der Waals surface area contributed by atoms with Crippen molar-refractivity contribution in [2.24, 2.45) is 0 Å². The van der Waals surface area contributed by atoms with E-state index in [1.54, 1.807) is 12.5 Å². The summed E-state index contributed by atoms with van der Waals surface area (Å²) in [6, 6.07) is 7.92. The first kappa shape index (κ1) is 12.0. The molecule has 0 unspecified atom stereocenters. The van der Waals surface area contributed by atoms with E-state index >= 15 is 0 Å². The average molecular weight is 256 g/mol. The number of para-hydroxylation sites is 1. The van der Waals surface area contributed by atoms with Gasteiger partial charge >= 0.3 is 0 Å². The summed E-state index contributed by atoms with van der Waals surface area (Å²) in [4.78, 5) is 4.31. The highest BCUT2D eigenvalue weighted by Crippen LogP contribution is 2.30. The van der Waals surface area contributed by atoms with Crippen LogP contribution in [-0.2, 0) is 6.42 Å². The molecule has 0 amide bonds. The monoisotopic (exact) mass is 256 g/mol. The number of nitrogens with one attached hydrogen (secondary N) is 1. The van der Waals surface area contributed by atoms with Crippen molar-refractivity contribution in [2.75, 3.05) is 13.6 Å². The Morgan fingerprint density at radius 3 is 3.05 bits per heavy atom. The number of oxazole rings is 1. The Bertz CT molecular complexity index is 669. The molecule has 0 saturated heterocycles. The first-order valence-electron chi connectivity index (χ1n) is 6.44. The number of furan rings is 1. The van der Waals surface area contributed by atoms with Gasteiger partial charge in [-0.15, -0.1) is 0 Å². The molecule has 4 nitrogen and oxygen atoms in total. The largest absolute Gasteiger partial charge is 0.464 e. The lowest BCUT2D eigenvalue weighted by Gasteiger charge is -1.95. The number of fused-ring (bicyclic) bond motifs is 1. The predicted molar refractivity (Wildman–Crippen MR) is 74.0 cm³/mol. The summed E-state index contributed by atoms with van der Waals surface area (Å²) in [5.74, 6) is 1.54. The lowest BCUT2D eigenvalue weighted by molar-refractivity contribution is 0.494. The fraction of sp³-hybridized carbons (Fsp3) is 0.267. The van der Waals surface area contributed by atoms with Gasteiger partial charge in [-0.3, -0.25) is 0 Å². The minimum absolute atomic E-state index is 0.768. The fourth-order valence-corrected chi connectivity index (χ4v) is 2.14.